The number of aromatic nitrogens is 1. The molecule has 3 nitrogen and oxygen atoms in total. The molecule has 0 aliphatic heterocycles. The maximum Gasteiger partial charge on any atom is 0.0705 e. The third-order valence-corrected chi connectivity index (χ3v) is 4.33. The third-order valence-electron chi connectivity index (χ3n) is 3.61. The highest BCUT2D eigenvalue weighted by Gasteiger charge is 2.13. The molecule has 0 saturated heterocycles. The molecule has 21 heavy (non-hydrogen) atoms. The molecule has 0 aliphatic carbocycles. The molecule has 1 aromatic heterocycles. The van der Waals surface area contributed by atoms with Gasteiger partial charge in [0.2, 0.25) is 0 Å². The van der Waals surface area contributed by atoms with Crippen LogP contribution in [0.4, 0.5) is 0 Å². The van der Waals surface area contributed by atoms with Crippen LogP contribution in [0.3, 0.4) is 0 Å². The number of hydrogen-bond donors (Lipinski definition) is 2. The van der Waals surface area contributed by atoms with Crippen molar-refractivity contribution in [3.63, 3.8) is 0 Å². The number of hydrazine groups is 1. The minimum atomic E-state index is 0.0676. The van der Waals surface area contributed by atoms with Crippen molar-refractivity contribution in [3.8, 4) is 0 Å². The Morgan fingerprint density at radius 1 is 1.05 bits per heavy atom. The van der Waals surface area contributed by atoms with E-state index >= 15 is 0 Å². The fourth-order valence-electron chi connectivity index (χ4n) is 2.54. The van der Waals surface area contributed by atoms with Crippen molar-refractivity contribution in [3.05, 3.63) is 75.5 Å². The van der Waals surface area contributed by atoms with E-state index in [-0.39, 0.29) is 6.04 Å². The summed E-state index contributed by atoms with van der Waals surface area (Å²) in [7, 11) is 0. The van der Waals surface area contributed by atoms with Gasteiger partial charge in [-0.15, -0.1) is 0 Å². The van der Waals surface area contributed by atoms with Crippen LogP contribution in [0.25, 0.3) is 10.9 Å². The zero-order chi connectivity index (χ0) is 14.7. The fourth-order valence-corrected chi connectivity index (χ4v) is 2.90. The van der Waals surface area contributed by atoms with Crippen LogP contribution >= 0.6 is 22.6 Å². The molecule has 1 atom stereocenters. The van der Waals surface area contributed by atoms with E-state index in [4.69, 9.17) is 5.84 Å². The van der Waals surface area contributed by atoms with Gasteiger partial charge in [0.25, 0.3) is 0 Å². The van der Waals surface area contributed by atoms with Crippen LogP contribution in [-0.2, 0) is 6.42 Å². The van der Waals surface area contributed by atoms with E-state index in [1.54, 1.807) is 0 Å². The van der Waals surface area contributed by atoms with Crippen LogP contribution in [0.5, 0.6) is 0 Å². The maximum absolute atomic E-state index is 5.80. The van der Waals surface area contributed by atoms with Gasteiger partial charge in [-0.25, -0.2) is 0 Å². The highest BCUT2D eigenvalue weighted by Crippen LogP contribution is 2.25. The minimum Gasteiger partial charge on any atom is -0.271 e. The number of nitrogens with two attached hydrogens (primary N) is 1. The smallest absolute Gasteiger partial charge is 0.0705 e. The second kappa shape index (κ2) is 6.51. The highest BCUT2D eigenvalue weighted by atomic mass is 127. The number of benzene rings is 2. The first kappa shape index (κ1) is 14.4. The summed E-state index contributed by atoms with van der Waals surface area (Å²) in [5, 5.41) is 1.15. The molecule has 0 amide bonds. The molecule has 4 heteroatoms. The van der Waals surface area contributed by atoms with Crippen LogP contribution in [0.15, 0.2) is 60.8 Å². The molecule has 3 N–H and O–H groups in total. The number of pyridine rings is 1. The molecule has 106 valence electrons. The summed E-state index contributed by atoms with van der Waals surface area (Å²) in [5.74, 6) is 5.80. The Morgan fingerprint density at radius 3 is 2.57 bits per heavy atom. The molecule has 0 spiro atoms. The predicted octanol–water partition coefficient (Wildman–Crippen LogP) is 3.59. The van der Waals surface area contributed by atoms with Crippen LogP contribution < -0.4 is 11.3 Å². The monoisotopic (exact) mass is 389 g/mol. The van der Waals surface area contributed by atoms with E-state index in [0.29, 0.717) is 0 Å². The zero-order valence-corrected chi connectivity index (χ0v) is 13.6. The number of hydrogen-bond acceptors (Lipinski definition) is 3. The predicted molar refractivity (Wildman–Crippen MR) is 94.7 cm³/mol. The van der Waals surface area contributed by atoms with Gasteiger partial charge in [-0.05, 0) is 64.4 Å². The number of nitrogens with zero attached hydrogens (tertiary/aromatic N) is 1. The van der Waals surface area contributed by atoms with Crippen LogP contribution in [0.2, 0.25) is 0 Å². The van der Waals surface area contributed by atoms with E-state index < -0.39 is 0 Å². The van der Waals surface area contributed by atoms with Gasteiger partial charge in [-0.3, -0.25) is 16.3 Å². The summed E-state index contributed by atoms with van der Waals surface area (Å²) in [4.78, 5) is 4.41. The summed E-state index contributed by atoms with van der Waals surface area (Å²) in [5.41, 5.74) is 6.39. The number of fused-ring (bicyclic) bond motifs is 1. The van der Waals surface area contributed by atoms with Crippen molar-refractivity contribution in [2.45, 2.75) is 12.5 Å². The Balaban J connectivity index is 1.96. The van der Waals surface area contributed by atoms with E-state index in [0.717, 1.165) is 17.3 Å². The quantitative estimate of drug-likeness (QED) is 0.408. The average Bonchev–Trinajstić information content (AvgIpc) is 2.54. The summed E-state index contributed by atoms with van der Waals surface area (Å²) >= 11 is 2.31. The van der Waals surface area contributed by atoms with Crippen molar-refractivity contribution in [1.82, 2.24) is 10.4 Å². The van der Waals surface area contributed by atoms with Gasteiger partial charge in [-0.2, -0.15) is 0 Å². The van der Waals surface area contributed by atoms with Gasteiger partial charge in [0.1, 0.15) is 0 Å². The van der Waals surface area contributed by atoms with Gasteiger partial charge in [0.05, 0.1) is 11.6 Å². The second-order valence-electron chi connectivity index (χ2n) is 4.97. The largest absolute Gasteiger partial charge is 0.271 e. The van der Waals surface area contributed by atoms with E-state index in [1.165, 1.54) is 14.7 Å². The Bertz CT molecular complexity index is 735. The first-order chi connectivity index (χ1) is 10.3. The Morgan fingerprint density at radius 2 is 1.81 bits per heavy atom. The average molecular weight is 389 g/mol. The lowest BCUT2D eigenvalue weighted by Gasteiger charge is -2.18. The normalized spacial score (nSPS) is 12.5. The SMILES string of the molecule is NNC(Cc1ccc(I)cc1)c1ccnc2ccccc12. The molecule has 0 bridgehead atoms. The minimum absolute atomic E-state index is 0.0676. The molecule has 0 saturated carbocycles. The Kier molecular flexibility index (Phi) is 4.48. The molecule has 1 heterocycles. The Labute approximate surface area is 137 Å². The van der Waals surface area contributed by atoms with Gasteiger partial charge in [0.15, 0.2) is 0 Å². The van der Waals surface area contributed by atoms with Gasteiger partial charge < -0.3 is 0 Å². The van der Waals surface area contributed by atoms with Gasteiger partial charge in [-0.1, -0.05) is 30.3 Å². The van der Waals surface area contributed by atoms with E-state index in [2.05, 4.69) is 63.3 Å². The lowest BCUT2D eigenvalue weighted by Crippen LogP contribution is -2.29. The van der Waals surface area contributed by atoms with Crippen molar-refractivity contribution in [2.24, 2.45) is 5.84 Å². The van der Waals surface area contributed by atoms with E-state index in [1.807, 2.05) is 30.5 Å². The molecule has 1 unspecified atom stereocenters. The van der Waals surface area contributed by atoms with Gasteiger partial charge in [0, 0.05) is 15.2 Å². The summed E-state index contributed by atoms with van der Waals surface area (Å²) < 4.78 is 1.24. The first-order valence-electron chi connectivity index (χ1n) is 6.82. The maximum atomic E-state index is 5.80. The van der Waals surface area contributed by atoms with E-state index in [9.17, 15) is 0 Å². The topological polar surface area (TPSA) is 50.9 Å². The van der Waals surface area contributed by atoms with Crippen molar-refractivity contribution < 1.29 is 0 Å². The van der Waals surface area contributed by atoms with Crippen molar-refractivity contribution >= 4 is 33.5 Å². The lowest BCUT2D eigenvalue weighted by molar-refractivity contribution is 0.555. The van der Waals surface area contributed by atoms with Crippen LogP contribution in [-0.4, -0.2) is 4.98 Å². The van der Waals surface area contributed by atoms with Crippen molar-refractivity contribution in [1.29, 1.82) is 0 Å². The second-order valence-corrected chi connectivity index (χ2v) is 6.21. The molecule has 0 aliphatic rings. The number of para-hydroxylation sites is 1. The number of rotatable bonds is 4. The number of halogens is 1. The first-order valence-corrected chi connectivity index (χ1v) is 7.90. The van der Waals surface area contributed by atoms with Crippen LogP contribution in [0.1, 0.15) is 17.2 Å². The molecule has 2 aromatic carbocycles. The fraction of sp³-hybridized carbons (Fsp3) is 0.118. The lowest BCUT2D eigenvalue weighted by atomic mass is 9.96. The third kappa shape index (κ3) is 3.23. The summed E-state index contributed by atoms with van der Waals surface area (Å²) in [6.07, 6.45) is 2.69. The highest BCUT2D eigenvalue weighted by molar-refractivity contribution is 14.1. The molecule has 3 rings (SSSR count). The number of nitrogens with one attached hydrogen (secondary N) is 1. The summed E-state index contributed by atoms with van der Waals surface area (Å²) in [6, 6.07) is 18.8. The summed E-state index contributed by atoms with van der Waals surface area (Å²) in [6.45, 7) is 0. The zero-order valence-electron chi connectivity index (χ0n) is 11.5. The van der Waals surface area contributed by atoms with Crippen LogP contribution in [0, 0.1) is 3.57 Å². The molecular weight excluding hydrogens is 373 g/mol. The molecular formula is C17H16IN3. The standard InChI is InChI=1S/C17H16IN3/c18-13-7-5-12(6-8-13)11-17(21-19)15-9-10-20-16-4-2-1-3-14(15)16/h1-10,17,21H,11,19H2. The Hall–Kier alpha value is -1.50. The molecule has 0 fully saturated rings. The van der Waals surface area contributed by atoms with Crippen molar-refractivity contribution in [2.75, 3.05) is 0 Å². The molecule has 0 radical (unpaired) electrons. The van der Waals surface area contributed by atoms with Gasteiger partial charge >= 0.3 is 0 Å². The molecule has 3 aromatic rings.